The maximum atomic E-state index is 2.66. The predicted molar refractivity (Wildman–Crippen MR) is 236 cm³/mol. The summed E-state index contributed by atoms with van der Waals surface area (Å²) in [6.45, 7) is 50.3. The Hall–Kier alpha value is -2.64. The van der Waals surface area contributed by atoms with E-state index in [1.54, 1.807) is 5.20 Å². The zero-order valence-electron chi connectivity index (χ0n) is 37.6. The first-order valence-corrected chi connectivity index (χ1v) is 22.1. The Morgan fingerprint density at radius 3 is 0.731 bits per heavy atom. The largest absolute Gasteiger partial charge is 0.176 e. The molecule has 0 heterocycles. The maximum absolute atomic E-state index is 2.96. The summed E-state index contributed by atoms with van der Waals surface area (Å²) in [5.74, 6) is 0. The first-order chi connectivity index (χ1) is 23.2. The minimum Gasteiger partial charge on any atom is -0.0771 e. The highest BCUT2D eigenvalue weighted by Crippen LogP contribution is 2.40. The topological polar surface area (TPSA) is 0 Å². The van der Waals surface area contributed by atoms with Crippen LogP contribution >= 0.6 is 0 Å². The molecule has 0 bridgehead atoms. The summed E-state index contributed by atoms with van der Waals surface area (Å²) in [6, 6.07) is 23.5. The lowest BCUT2D eigenvalue weighted by Gasteiger charge is -2.41. The maximum Gasteiger partial charge on any atom is 0.176 e. The summed E-state index contributed by atoms with van der Waals surface area (Å²) < 4.78 is 0. The normalized spacial score (nSPS) is 15.6. The molecule has 3 aromatic carbocycles. The van der Waals surface area contributed by atoms with Crippen molar-refractivity contribution >= 4 is 23.6 Å². The quantitative estimate of drug-likeness (QED) is 0.186. The van der Waals surface area contributed by atoms with Crippen molar-refractivity contribution in [1.82, 2.24) is 0 Å². The molecule has 0 aromatic heterocycles. The summed E-state index contributed by atoms with van der Waals surface area (Å²) >= 11 is 0. The van der Waals surface area contributed by atoms with Gasteiger partial charge in [0, 0.05) is 0 Å². The summed E-state index contributed by atoms with van der Waals surface area (Å²) in [7, 11) is -2.96. The van der Waals surface area contributed by atoms with E-state index in [1.807, 2.05) is 0 Å². The second-order valence-electron chi connectivity index (χ2n) is 23.4. The van der Waals surface area contributed by atoms with Gasteiger partial charge in [0.05, 0.1) is 0 Å². The predicted octanol–water partition coefficient (Wildman–Crippen LogP) is 12.8. The van der Waals surface area contributed by atoms with Crippen LogP contribution < -0.4 is 15.6 Å². The van der Waals surface area contributed by atoms with Crippen molar-refractivity contribution in [2.45, 2.75) is 184 Å². The van der Waals surface area contributed by atoms with Gasteiger partial charge in [0.25, 0.3) is 0 Å². The molecule has 0 spiro atoms. The Morgan fingerprint density at radius 1 is 0.327 bits per heavy atom. The van der Waals surface area contributed by atoms with E-state index in [0.29, 0.717) is 0 Å². The first-order valence-electron chi connectivity index (χ1n) is 20.1. The molecule has 0 N–H and O–H groups in total. The minimum absolute atomic E-state index is 0.00266. The van der Waals surface area contributed by atoms with Crippen LogP contribution in [0.15, 0.2) is 77.5 Å². The van der Waals surface area contributed by atoms with E-state index in [9.17, 15) is 0 Å². The standard InChI is InChI=1S/C51H76Si/c1-45(2,3)34-22-23-41(27-34)52(42-28-35(46(4,5)6)24-36(29-42)47(7,8)9,43-30-37(48(10,11)12)25-38(31-43)49(13,14)15)44-32-39(50(16,17)18)26-40(33-44)51(19,20)21/h22,24-33H,23H2,1-21H3. The van der Waals surface area contributed by atoms with Gasteiger partial charge in [-0.1, -0.05) is 217 Å². The first kappa shape index (κ1) is 42.1. The van der Waals surface area contributed by atoms with E-state index >= 15 is 0 Å². The van der Waals surface area contributed by atoms with Crippen molar-refractivity contribution in [3.63, 3.8) is 0 Å². The molecule has 0 radical (unpaired) electrons. The molecule has 0 aliphatic heterocycles. The molecule has 3 aromatic rings. The molecule has 284 valence electrons. The third-order valence-corrected chi connectivity index (χ3v) is 16.3. The van der Waals surface area contributed by atoms with E-state index in [2.05, 4.69) is 212 Å². The highest BCUT2D eigenvalue weighted by Gasteiger charge is 2.47. The van der Waals surface area contributed by atoms with Crippen LogP contribution in [-0.4, -0.2) is 8.07 Å². The van der Waals surface area contributed by atoms with Crippen LogP contribution in [0.1, 0.15) is 185 Å². The number of allylic oxidation sites excluding steroid dienone is 4. The van der Waals surface area contributed by atoms with Gasteiger partial charge >= 0.3 is 0 Å². The van der Waals surface area contributed by atoms with Crippen molar-refractivity contribution in [1.29, 1.82) is 0 Å². The van der Waals surface area contributed by atoms with Crippen LogP contribution in [0.3, 0.4) is 0 Å². The molecule has 0 saturated heterocycles. The van der Waals surface area contributed by atoms with Crippen LogP contribution in [0.5, 0.6) is 0 Å². The van der Waals surface area contributed by atoms with Gasteiger partial charge in [0.15, 0.2) is 8.07 Å². The lowest BCUT2D eigenvalue weighted by molar-refractivity contribution is 0.518. The van der Waals surface area contributed by atoms with Gasteiger partial charge in [-0.05, 0) is 98.8 Å². The molecule has 0 nitrogen and oxygen atoms in total. The van der Waals surface area contributed by atoms with Crippen molar-refractivity contribution in [2.24, 2.45) is 5.41 Å². The average Bonchev–Trinajstić information content (AvgIpc) is 3.46. The van der Waals surface area contributed by atoms with Gasteiger partial charge < -0.3 is 0 Å². The monoisotopic (exact) mass is 717 g/mol. The molecule has 1 heteroatoms. The van der Waals surface area contributed by atoms with E-state index in [-0.39, 0.29) is 37.9 Å². The molecule has 52 heavy (non-hydrogen) atoms. The summed E-state index contributed by atoms with van der Waals surface area (Å²) in [6.07, 6.45) is 6.21. The van der Waals surface area contributed by atoms with Gasteiger partial charge in [0.1, 0.15) is 0 Å². The Labute approximate surface area is 323 Å². The SMILES string of the molecule is CC(C)(C)C1=CCC([Si](c2cc(C(C)(C)C)cc(C(C)(C)C)c2)(c2cc(C(C)(C)C)cc(C(C)(C)C)c2)c2cc(C(C)(C)C)cc(C(C)(C)C)c2)=C1. The summed E-state index contributed by atoms with van der Waals surface area (Å²) in [4.78, 5) is 0. The minimum atomic E-state index is -2.96. The fourth-order valence-corrected chi connectivity index (χ4v) is 12.6. The fraction of sp³-hybridized carbons (Fsp3) is 0.569. The van der Waals surface area contributed by atoms with Gasteiger partial charge in [-0.15, -0.1) is 0 Å². The van der Waals surface area contributed by atoms with Crippen molar-refractivity contribution < 1.29 is 0 Å². The van der Waals surface area contributed by atoms with Crippen LogP contribution in [0, 0.1) is 5.41 Å². The van der Waals surface area contributed by atoms with Gasteiger partial charge in [-0.25, -0.2) is 0 Å². The molecule has 0 saturated carbocycles. The molecule has 1 aliphatic carbocycles. The highest BCUT2D eigenvalue weighted by molar-refractivity contribution is 7.16. The lowest BCUT2D eigenvalue weighted by atomic mass is 9.80. The molecule has 0 amide bonds. The second-order valence-corrected chi connectivity index (χ2v) is 27.3. The van der Waals surface area contributed by atoms with E-state index in [4.69, 9.17) is 0 Å². The molecule has 0 unspecified atom stereocenters. The zero-order valence-corrected chi connectivity index (χ0v) is 38.6. The summed E-state index contributed by atoms with van der Waals surface area (Å²) in [5, 5.41) is 6.18. The number of hydrogen-bond donors (Lipinski definition) is 0. The van der Waals surface area contributed by atoms with Crippen LogP contribution in [-0.2, 0) is 32.5 Å². The molecule has 4 rings (SSSR count). The van der Waals surface area contributed by atoms with Crippen LogP contribution in [0.2, 0.25) is 0 Å². The molecule has 0 fully saturated rings. The smallest absolute Gasteiger partial charge is 0.0771 e. The number of rotatable bonds is 4. The van der Waals surface area contributed by atoms with Gasteiger partial charge in [-0.2, -0.15) is 0 Å². The lowest BCUT2D eigenvalue weighted by Crippen LogP contribution is -2.69. The molecule has 0 atom stereocenters. The highest BCUT2D eigenvalue weighted by atomic mass is 28.3. The third-order valence-electron chi connectivity index (χ3n) is 11.5. The number of hydrogen-bond acceptors (Lipinski definition) is 0. The van der Waals surface area contributed by atoms with Crippen molar-refractivity contribution in [3.05, 3.63) is 111 Å². The fourth-order valence-electron chi connectivity index (χ4n) is 7.50. The summed E-state index contributed by atoms with van der Waals surface area (Å²) in [5.41, 5.74) is 10.1. The van der Waals surface area contributed by atoms with E-state index in [0.717, 1.165) is 6.42 Å². The van der Waals surface area contributed by atoms with Gasteiger partial charge in [-0.3, -0.25) is 0 Å². The number of benzene rings is 3. The Bertz CT molecular complexity index is 1580. The molecule has 1 aliphatic rings. The van der Waals surface area contributed by atoms with Gasteiger partial charge in [0.2, 0.25) is 0 Å². The van der Waals surface area contributed by atoms with Crippen LogP contribution in [0.4, 0.5) is 0 Å². The van der Waals surface area contributed by atoms with E-state index in [1.165, 1.54) is 54.5 Å². The zero-order chi connectivity index (χ0) is 39.8. The Balaban J connectivity index is 2.47. The van der Waals surface area contributed by atoms with E-state index < -0.39 is 8.07 Å². The van der Waals surface area contributed by atoms with Crippen LogP contribution in [0.25, 0.3) is 0 Å². The van der Waals surface area contributed by atoms with Crippen molar-refractivity contribution in [3.8, 4) is 0 Å². The Morgan fingerprint density at radius 2 is 0.558 bits per heavy atom. The molecular weight excluding hydrogens is 641 g/mol. The second kappa shape index (κ2) is 13.3. The third kappa shape index (κ3) is 8.67. The average molecular weight is 717 g/mol. The molecular formula is C51H76Si. The van der Waals surface area contributed by atoms with Crippen molar-refractivity contribution in [2.75, 3.05) is 0 Å². The Kier molecular flexibility index (Phi) is 10.8.